The molecule has 0 unspecified atom stereocenters. The van der Waals surface area contributed by atoms with Crippen molar-refractivity contribution in [1.29, 1.82) is 0 Å². The molecule has 2 aromatic rings. The van der Waals surface area contributed by atoms with Crippen LogP contribution in [0.15, 0.2) is 28.8 Å². The predicted octanol–water partition coefficient (Wildman–Crippen LogP) is 2.30. The van der Waals surface area contributed by atoms with Crippen LogP contribution in [0.4, 0.5) is 5.69 Å². The largest absolute Gasteiger partial charge is 0.461 e. The Labute approximate surface area is 124 Å². The van der Waals surface area contributed by atoms with Gasteiger partial charge in [-0.2, -0.15) is 0 Å². The van der Waals surface area contributed by atoms with E-state index in [4.69, 9.17) is 9.26 Å². The number of hydrogen-bond donors (Lipinski definition) is 0. The SMILES string of the molecule is CCOC(=O)c1noc(C)c1C(=O)c1cccc([N+](=O)[O-])c1. The first-order valence-corrected chi connectivity index (χ1v) is 6.38. The third-order valence-corrected chi connectivity index (χ3v) is 2.88. The molecule has 0 aliphatic heterocycles. The minimum Gasteiger partial charge on any atom is -0.461 e. The van der Waals surface area contributed by atoms with Crippen LogP contribution in [0.1, 0.15) is 39.1 Å². The normalized spacial score (nSPS) is 10.3. The topological polar surface area (TPSA) is 113 Å². The van der Waals surface area contributed by atoms with Crippen LogP contribution < -0.4 is 0 Å². The van der Waals surface area contributed by atoms with E-state index in [0.29, 0.717) is 0 Å². The lowest BCUT2D eigenvalue weighted by atomic mass is 10.0. The maximum atomic E-state index is 12.5. The highest BCUT2D eigenvalue weighted by molar-refractivity contribution is 6.14. The first kappa shape index (κ1) is 15.4. The van der Waals surface area contributed by atoms with E-state index < -0.39 is 16.7 Å². The van der Waals surface area contributed by atoms with Crippen LogP contribution >= 0.6 is 0 Å². The second-order valence-corrected chi connectivity index (χ2v) is 4.32. The fourth-order valence-electron chi connectivity index (χ4n) is 1.88. The molecular weight excluding hydrogens is 292 g/mol. The van der Waals surface area contributed by atoms with E-state index >= 15 is 0 Å². The van der Waals surface area contributed by atoms with E-state index in [1.165, 1.54) is 25.1 Å². The van der Waals surface area contributed by atoms with E-state index in [-0.39, 0.29) is 34.9 Å². The summed E-state index contributed by atoms with van der Waals surface area (Å²) in [5, 5.41) is 14.3. The Kier molecular flexibility index (Phi) is 4.31. The number of aryl methyl sites for hydroxylation is 1. The summed E-state index contributed by atoms with van der Waals surface area (Å²) in [6, 6.07) is 5.20. The minimum absolute atomic E-state index is 0.0565. The van der Waals surface area contributed by atoms with Crippen molar-refractivity contribution >= 4 is 17.4 Å². The number of carbonyl (C=O) groups is 2. The fourth-order valence-corrected chi connectivity index (χ4v) is 1.88. The van der Waals surface area contributed by atoms with Gasteiger partial charge >= 0.3 is 5.97 Å². The first-order valence-electron chi connectivity index (χ1n) is 6.38. The summed E-state index contributed by atoms with van der Waals surface area (Å²) in [6.07, 6.45) is 0. The molecule has 0 saturated carbocycles. The van der Waals surface area contributed by atoms with Gasteiger partial charge in [-0.1, -0.05) is 17.3 Å². The van der Waals surface area contributed by atoms with Crippen LogP contribution in [0.5, 0.6) is 0 Å². The van der Waals surface area contributed by atoms with Gasteiger partial charge in [0.05, 0.1) is 17.1 Å². The number of rotatable bonds is 5. The average Bonchev–Trinajstić information content (AvgIpc) is 2.88. The van der Waals surface area contributed by atoms with Gasteiger partial charge in [0.1, 0.15) is 5.76 Å². The Morgan fingerprint density at radius 1 is 1.41 bits per heavy atom. The summed E-state index contributed by atoms with van der Waals surface area (Å²) in [5.74, 6) is -1.24. The molecule has 1 aromatic carbocycles. The van der Waals surface area contributed by atoms with Gasteiger partial charge in [0, 0.05) is 17.7 Å². The zero-order valence-corrected chi connectivity index (χ0v) is 11.9. The minimum atomic E-state index is -0.784. The summed E-state index contributed by atoms with van der Waals surface area (Å²) in [6.45, 7) is 3.21. The summed E-state index contributed by atoms with van der Waals surface area (Å²) in [7, 11) is 0. The fraction of sp³-hybridized carbons (Fsp3) is 0.214. The monoisotopic (exact) mass is 304 g/mol. The van der Waals surface area contributed by atoms with Crippen LogP contribution in [0.3, 0.4) is 0 Å². The summed E-state index contributed by atoms with van der Waals surface area (Å²) in [5.41, 5.74) is -0.460. The number of ether oxygens (including phenoxy) is 1. The number of non-ortho nitro benzene ring substituents is 1. The molecule has 22 heavy (non-hydrogen) atoms. The molecule has 8 heteroatoms. The van der Waals surface area contributed by atoms with Gasteiger partial charge in [0.15, 0.2) is 5.78 Å². The summed E-state index contributed by atoms with van der Waals surface area (Å²) < 4.78 is 9.69. The summed E-state index contributed by atoms with van der Waals surface area (Å²) >= 11 is 0. The molecule has 2 rings (SSSR count). The lowest BCUT2D eigenvalue weighted by Crippen LogP contribution is -2.12. The molecule has 1 aromatic heterocycles. The standard InChI is InChI=1S/C14H12N2O6/c1-3-21-14(18)12-11(8(2)22-15-12)13(17)9-5-4-6-10(7-9)16(19)20/h4-7H,3H2,1-2H3. The number of hydrogen-bond acceptors (Lipinski definition) is 7. The lowest BCUT2D eigenvalue weighted by molar-refractivity contribution is -0.384. The van der Waals surface area contributed by atoms with E-state index in [0.717, 1.165) is 6.07 Å². The third-order valence-electron chi connectivity index (χ3n) is 2.88. The Morgan fingerprint density at radius 2 is 2.14 bits per heavy atom. The van der Waals surface area contributed by atoms with Crippen LogP contribution in [0.25, 0.3) is 0 Å². The molecular formula is C14H12N2O6. The number of benzene rings is 1. The van der Waals surface area contributed by atoms with Crippen molar-refractivity contribution in [1.82, 2.24) is 5.16 Å². The first-order chi connectivity index (χ1) is 10.5. The molecule has 1 heterocycles. The van der Waals surface area contributed by atoms with Gasteiger partial charge in [0.25, 0.3) is 5.69 Å². The molecule has 0 bridgehead atoms. The molecule has 0 N–H and O–H groups in total. The highest BCUT2D eigenvalue weighted by atomic mass is 16.6. The number of nitrogens with zero attached hydrogens (tertiary/aromatic N) is 2. The van der Waals surface area contributed by atoms with Crippen molar-refractivity contribution in [2.45, 2.75) is 13.8 Å². The maximum Gasteiger partial charge on any atom is 0.361 e. The molecule has 0 radical (unpaired) electrons. The lowest BCUT2D eigenvalue weighted by Gasteiger charge is -2.02. The molecule has 0 fully saturated rings. The van der Waals surface area contributed by atoms with E-state index in [1.54, 1.807) is 6.92 Å². The van der Waals surface area contributed by atoms with Gasteiger partial charge in [-0.25, -0.2) is 4.79 Å². The number of nitro benzene ring substituents is 1. The Morgan fingerprint density at radius 3 is 2.77 bits per heavy atom. The van der Waals surface area contributed by atoms with Crippen LogP contribution in [0, 0.1) is 17.0 Å². The van der Waals surface area contributed by atoms with E-state index in [2.05, 4.69) is 5.16 Å². The Hall–Kier alpha value is -3.03. The molecule has 114 valence electrons. The molecule has 0 aliphatic carbocycles. The predicted molar refractivity (Wildman–Crippen MR) is 73.7 cm³/mol. The average molecular weight is 304 g/mol. The van der Waals surface area contributed by atoms with Crippen LogP contribution in [-0.4, -0.2) is 28.4 Å². The van der Waals surface area contributed by atoms with Crippen molar-refractivity contribution in [2.75, 3.05) is 6.61 Å². The van der Waals surface area contributed by atoms with Crippen LogP contribution in [0.2, 0.25) is 0 Å². The zero-order chi connectivity index (χ0) is 16.3. The maximum absolute atomic E-state index is 12.5. The van der Waals surface area contributed by atoms with Crippen LogP contribution in [-0.2, 0) is 4.74 Å². The smallest absolute Gasteiger partial charge is 0.361 e. The highest BCUT2D eigenvalue weighted by Crippen LogP contribution is 2.21. The van der Waals surface area contributed by atoms with Gasteiger partial charge < -0.3 is 9.26 Å². The zero-order valence-electron chi connectivity index (χ0n) is 11.9. The third kappa shape index (κ3) is 2.85. The molecule has 0 spiro atoms. The van der Waals surface area contributed by atoms with Crippen molar-refractivity contribution in [2.24, 2.45) is 0 Å². The highest BCUT2D eigenvalue weighted by Gasteiger charge is 2.27. The van der Waals surface area contributed by atoms with Crippen molar-refractivity contribution in [3.8, 4) is 0 Å². The Balaban J connectivity index is 2.46. The summed E-state index contributed by atoms with van der Waals surface area (Å²) in [4.78, 5) is 34.5. The molecule has 0 saturated heterocycles. The second kappa shape index (κ2) is 6.17. The molecule has 8 nitrogen and oxygen atoms in total. The molecule has 0 atom stereocenters. The molecule has 0 aliphatic rings. The van der Waals surface area contributed by atoms with E-state index in [9.17, 15) is 19.7 Å². The van der Waals surface area contributed by atoms with Gasteiger partial charge in [-0.05, 0) is 13.8 Å². The quantitative estimate of drug-likeness (QED) is 0.360. The number of ketones is 1. The van der Waals surface area contributed by atoms with Crippen molar-refractivity contribution < 1.29 is 23.8 Å². The molecule has 0 amide bonds. The number of carbonyl (C=O) groups excluding carboxylic acids is 2. The number of nitro groups is 1. The number of aromatic nitrogens is 1. The van der Waals surface area contributed by atoms with Crippen molar-refractivity contribution in [3.05, 3.63) is 57.0 Å². The second-order valence-electron chi connectivity index (χ2n) is 4.32. The van der Waals surface area contributed by atoms with Gasteiger partial charge in [-0.3, -0.25) is 14.9 Å². The number of esters is 1. The van der Waals surface area contributed by atoms with Crippen molar-refractivity contribution in [3.63, 3.8) is 0 Å². The van der Waals surface area contributed by atoms with E-state index in [1.807, 2.05) is 0 Å². The van der Waals surface area contributed by atoms with Gasteiger partial charge in [-0.15, -0.1) is 0 Å². The van der Waals surface area contributed by atoms with Gasteiger partial charge in [0.2, 0.25) is 5.69 Å². The Bertz CT molecular complexity index is 750.